The van der Waals surface area contributed by atoms with E-state index < -0.39 is 104 Å². The Labute approximate surface area is 205 Å². The molecule has 0 spiro atoms. The first-order valence-corrected chi connectivity index (χ1v) is 11.5. The van der Waals surface area contributed by atoms with Crippen molar-refractivity contribution in [3.05, 3.63) is 12.3 Å². The third kappa shape index (κ3) is 4.78. The van der Waals surface area contributed by atoms with Crippen LogP contribution in [0.25, 0.3) is 0 Å². The molecule has 3 aliphatic heterocycles. The second kappa shape index (κ2) is 10.3. The second-order valence-corrected chi connectivity index (χ2v) is 9.93. The van der Waals surface area contributed by atoms with Crippen LogP contribution in [0, 0.1) is 5.92 Å². The molecule has 15 nitrogen and oxygen atoms in total. The number of aliphatic hydroxyl groups is 10. The van der Waals surface area contributed by atoms with Gasteiger partial charge in [0.1, 0.15) is 54.4 Å². The highest BCUT2D eigenvalue weighted by atomic mass is 16.8. The Morgan fingerprint density at radius 2 is 1.39 bits per heavy atom. The molecule has 4 rings (SSSR count). The van der Waals surface area contributed by atoms with E-state index in [4.69, 9.17) is 23.7 Å². The molecule has 15 atom stereocenters. The zero-order valence-electron chi connectivity index (χ0n) is 19.3. The fraction of sp³-hybridized carbons (Fsp3) is 0.905. The average molecular weight is 526 g/mol. The SMILES string of the molecule is C[C@]1(O)C[C@@H](O)[C@]2(O)C=CO[C@@H](O[C@@H]3O[C@H](CO[C@H]4O[C@H](CO)[C@@H](O)[C@H](O)[C@H]4O)[C@@H](O)[C@H](O)[C@H]3O)[C@@H]21. The summed E-state index contributed by atoms with van der Waals surface area (Å²) in [5.41, 5.74) is -3.55. The molecule has 0 unspecified atom stereocenters. The van der Waals surface area contributed by atoms with Gasteiger partial charge in [0.2, 0.25) is 6.29 Å². The van der Waals surface area contributed by atoms with Crippen molar-refractivity contribution in [1.82, 2.24) is 0 Å². The highest BCUT2D eigenvalue weighted by molar-refractivity contribution is 5.21. The molecule has 208 valence electrons. The second-order valence-electron chi connectivity index (χ2n) is 9.93. The van der Waals surface area contributed by atoms with E-state index in [1.807, 2.05) is 0 Å². The predicted molar refractivity (Wildman–Crippen MR) is 111 cm³/mol. The maximum absolute atomic E-state index is 10.9. The lowest BCUT2D eigenvalue weighted by Gasteiger charge is -2.46. The molecule has 4 aliphatic rings. The monoisotopic (exact) mass is 526 g/mol. The molecular weight excluding hydrogens is 492 g/mol. The van der Waals surface area contributed by atoms with Crippen LogP contribution in [0.5, 0.6) is 0 Å². The van der Waals surface area contributed by atoms with Gasteiger partial charge in [-0.1, -0.05) is 0 Å². The molecule has 3 heterocycles. The van der Waals surface area contributed by atoms with Crippen LogP contribution in [0.2, 0.25) is 0 Å². The molecule has 0 bridgehead atoms. The van der Waals surface area contributed by atoms with Crippen molar-refractivity contribution < 1.29 is 74.7 Å². The van der Waals surface area contributed by atoms with Gasteiger partial charge in [-0.2, -0.15) is 0 Å². The molecule has 0 aromatic rings. The van der Waals surface area contributed by atoms with Crippen LogP contribution in [0.4, 0.5) is 0 Å². The summed E-state index contributed by atoms with van der Waals surface area (Å²) < 4.78 is 27.2. The zero-order chi connectivity index (χ0) is 26.6. The van der Waals surface area contributed by atoms with Crippen molar-refractivity contribution in [1.29, 1.82) is 0 Å². The minimum Gasteiger partial charge on any atom is -0.472 e. The van der Waals surface area contributed by atoms with Crippen LogP contribution in [-0.2, 0) is 23.7 Å². The van der Waals surface area contributed by atoms with E-state index >= 15 is 0 Å². The number of rotatable bonds is 6. The summed E-state index contributed by atoms with van der Waals surface area (Å²) in [6.07, 6.45) is -16.9. The van der Waals surface area contributed by atoms with Crippen molar-refractivity contribution in [3.63, 3.8) is 0 Å². The zero-order valence-corrected chi connectivity index (χ0v) is 19.3. The van der Waals surface area contributed by atoms with Gasteiger partial charge in [-0.25, -0.2) is 0 Å². The van der Waals surface area contributed by atoms with Crippen molar-refractivity contribution >= 4 is 0 Å². The average Bonchev–Trinajstić information content (AvgIpc) is 3.02. The minimum atomic E-state index is -1.91. The molecule has 3 fully saturated rings. The Morgan fingerprint density at radius 1 is 0.806 bits per heavy atom. The van der Waals surface area contributed by atoms with Gasteiger partial charge >= 0.3 is 0 Å². The topological polar surface area (TPSA) is 248 Å². The van der Waals surface area contributed by atoms with Crippen LogP contribution in [0.1, 0.15) is 13.3 Å². The molecule has 2 saturated heterocycles. The largest absolute Gasteiger partial charge is 0.472 e. The van der Waals surface area contributed by atoms with E-state index in [1.165, 1.54) is 13.0 Å². The molecular formula is C21H34O15. The smallest absolute Gasteiger partial charge is 0.210 e. The Hall–Kier alpha value is -1.02. The highest BCUT2D eigenvalue weighted by Gasteiger charge is 2.64. The van der Waals surface area contributed by atoms with Crippen molar-refractivity contribution in [3.8, 4) is 0 Å². The highest BCUT2D eigenvalue weighted by Crippen LogP contribution is 2.49. The summed E-state index contributed by atoms with van der Waals surface area (Å²) in [5, 5.41) is 102. The van der Waals surface area contributed by atoms with E-state index in [9.17, 15) is 51.1 Å². The maximum atomic E-state index is 10.9. The van der Waals surface area contributed by atoms with Gasteiger partial charge in [-0.05, 0) is 13.0 Å². The summed E-state index contributed by atoms with van der Waals surface area (Å²) in [5.74, 6) is -1.21. The van der Waals surface area contributed by atoms with E-state index in [0.29, 0.717) is 0 Å². The third-order valence-electron chi connectivity index (χ3n) is 7.34. The lowest BCUT2D eigenvalue weighted by atomic mass is 9.81. The number of aliphatic hydroxyl groups excluding tert-OH is 8. The lowest BCUT2D eigenvalue weighted by molar-refractivity contribution is -0.360. The minimum absolute atomic E-state index is 0.202. The predicted octanol–water partition coefficient (Wildman–Crippen LogP) is -5.64. The summed E-state index contributed by atoms with van der Waals surface area (Å²) in [6, 6.07) is 0. The molecule has 15 heteroatoms. The van der Waals surface area contributed by atoms with E-state index in [2.05, 4.69) is 0 Å². The quantitative estimate of drug-likeness (QED) is 0.155. The van der Waals surface area contributed by atoms with Gasteiger partial charge in [-0.3, -0.25) is 0 Å². The first-order valence-electron chi connectivity index (χ1n) is 11.5. The Balaban J connectivity index is 1.44. The Bertz CT molecular complexity index is 793. The van der Waals surface area contributed by atoms with Crippen LogP contribution in [0.3, 0.4) is 0 Å². The van der Waals surface area contributed by atoms with E-state index in [-0.39, 0.29) is 6.42 Å². The molecule has 0 aromatic carbocycles. The molecule has 1 aliphatic carbocycles. The van der Waals surface area contributed by atoms with Gasteiger partial charge < -0.3 is 74.7 Å². The fourth-order valence-corrected chi connectivity index (χ4v) is 5.22. The van der Waals surface area contributed by atoms with Gasteiger partial charge in [0.25, 0.3) is 0 Å². The van der Waals surface area contributed by atoms with E-state index in [0.717, 1.165) is 6.26 Å². The molecule has 10 N–H and O–H groups in total. The number of fused-ring (bicyclic) bond motifs is 1. The van der Waals surface area contributed by atoms with Gasteiger partial charge in [0.05, 0.1) is 37.1 Å². The van der Waals surface area contributed by atoms with Crippen molar-refractivity contribution in [2.45, 2.75) is 98.4 Å². The van der Waals surface area contributed by atoms with Crippen LogP contribution in [-0.4, -0.2) is 149 Å². The molecule has 0 aromatic heterocycles. The summed E-state index contributed by atoms with van der Waals surface area (Å²) in [7, 11) is 0. The molecule has 0 radical (unpaired) electrons. The molecule has 1 saturated carbocycles. The fourth-order valence-electron chi connectivity index (χ4n) is 5.22. The van der Waals surface area contributed by atoms with Gasteiger partial charge in [-0.15, -0.1) is 0 Å². The van der Waals surface area contributed by atoms with Crippen LogP contribution >= 0.6 is 0 Å². The third-order valence-corrected chi connectivity index (χ3v) is 7.34. The Kier molecular flexibility index (Phi) is 7.99. The van der Waals surface area contributed by atoms with Crippen LogP contribution in [0.15, 0.2) is 12.3 Å². The number of ether oxygens (including phenoxy) is 5. The maximum Gasteiger partial charge on any atom is 0.210 e. The summed E-state index contributed by atoms with van der Waals surface area (Å²) >= 11 is 0. The van der Waals surface area contributed by atoms with Crippen molar-refractivity contribution in [2.75, 3.05) is 13.2 Å². The Morgan fingerprint density at radius 3 is 2.03 bits per heavy atom. The lowest BCUT2D eigenvalue weighted by Crippen LogP contribution is -2.63. The van der Waals surface area contributed by atoms with Crippen LogP contribution < -0.4 is 0 Å². The first kappa shape index (κ1) is 28.0. The molecule has 36 heavy (non-hydrogen) atoms. The summed E-state index contributed by atoms with van der Waals surface area (Å²) in [6.45, 7) is 0.115. The summed E-state index contributed by atoms with van der Waals surface area (Å²) in [4.78, 5) is 0. The van der Waals surface area contributed by atoms with E-state index in [1.54, 1.807) is 0 Å². The van der Waals surface area contributed by atoms with Crippen molar-refractivity contribution in [2.24, 2.45) is 5.92 Å². The normalized spacial score (nSPS) is 55.2. The van der Waals surface area contributed by atoms with Gasteiger partial charge in [0, 0.05) is 6.42 Å². The molecule has 0 amide bonds. The number of hydrogen-bond donors (Lipinski definition) is 10. The standard InChI is InChI=1S/C21H34O15/c1-20(30)4-9(23)21(31)2-3-32-19(16(20)21)36-18-15(29)13(27)11(25)8(35-18)6-33-17-14(28)12(26)10(24)7(5-22)34-17/h2-3,7-19,22-31H,4-6H2,1H3/t7-,8-,9-,10-,11-,12+,13+,14-,15-,16-,17+,18+,19+,20+,21-/m1/s1. The van der Waals surface area contributed by atoms with Gasteiger partial charge in [0.15, 0.2) is 12.6 Å². The number of hydrogen-bond acceptors (Lipinski definition) is 15. The first-order chi connectivity index (χ1) is 16.8.